The van der Waals surface area contributed by atoms with E-state index in [0.29, 0.717) is 17.9 Å². The van der Waals surface area contributed by atoms with Gasteiger partial charge in [0.15, 0.2) is 0 Å². The topological polar surface area (TPSA) is 23.5 Å². The highest BCUT2D eigenvalue weighted by atomic mass is 16.3. The monoisotopic (exact) mass is 213 g/mol. The van der Waals surface area contributed by atoms with Gasteiger partial charge in [0.2, 0.25) is 0 Å². The molecule has 0 radical (unpaired) electrons. The van der Waals surface area contributed by atoms with E-state index < -0.39 is 0 Å². The molecule has 0 aliphatic carbocycles. The van der Waals surface area contributed by atoms with Crippen LogP contribution in [-0.4, -0.2) is 36.2 Å². The van der Waals surface area contributed by atoms with Crippen molar-refractivity contribution in [3.05, 3.63) is 0 Å². The largest absolute Gasteiger partial charge is 0.396 e. The molecule has 1 unspecified atom stereocenters. The zero-order chi connectivity index (χ0) is 11.3. The van der Waals surface area contributed by atoms with Gasteiger partial charge in [0.25, 0.3) is 0 Å². The zero-order valence-electron chi connectivity index (χ0n) is 10.6. The van der Waals surface area contributed by atoms with Gasteiger partial charge >= 0.3 is 0 Å². The predicted molar refractivity (Wildman–Crippen MR) is 64.9 cm³/mol. The van der Waals surface area contributed by atoms with E-state index >= 15 is 0 Å². The molecule has 1 atom stereocenters. The van der Waals surface area contributed by atoms with Crippen LogP contribution in [-0.2, 0) is 0 Å². The lowest BCUT2D eigenvalue weighted by molar-refractivity contribution is 0.0770. The third-order valence-corrected chi connectivity index (χ3v) is 4.30. The lowest BCUT2D eigenvalue weighted by atomic mass is 9.74. The Morgan fingerprint density at radius 1 is 1.20 bits per heavy atom. The van der Waals surface area contributed by atoms with Gasteiger partial charge in [0.05, 0.1) is 0 Å². The van der Waals surface area contributed by atoms with Gasteiger partial charge in [0.1, 0.15) is 0 Å². The van der Waals surface area contributed by atoms with Crippen molar-refractivity contribution in [1.29, 1.82) is 0 Å². The van der Waals surface area contributed by atoms with E-state index in [-0.39, 0.29) is 0 Å². The lowest BCUT2D eigenvalue weighted by Gasteiger charge is -2.41. The first-order valence-electron chi connectivity index (χ1n) is 6.49. The highest BCUT2D eigenvalue weighted by Crippen LogP contribution is 2.37. The Morgan fingerprint density at radius 2 is 1.73 bits per heavy atom. The van der Waals surface area contributed by atoms with Crippen LogP contribution in [0.4, 0.5) is 0 Å². The number of hydrogen-bond acceptors (Lipinski definition) is 2. The normalized spacial score (nSPS) is 24.0. The minimum absolute atomic E-state index is 0.323. The number of nitrogens with zero attached hydrogens (tertiary/aromatic N) is 1. The van der Waals surface area contributed by atoms with Crippen molar-refractivity contribution in [2.24, 2.45) is 11.3 Å². The van der Waals surface area contributed by atoms with E-state index in [0.717, 1.165) is 6.54 Å². The van der Waals surface area contributed by atoms with Crippen molar-refractivity contribution in [3.63, 3.8) is 0 Å². The summed E-state index contributed by atoms with van der Waals surface area (Å²) in [6.07, 6.45) is 5.34. The minimum atomic E-state index is 0.323. The van der Waals surface area contributed by atoms with Gasteiger partial charge in [-0.05, 0) is 37.3 Å². The summed E-state index contributed by atoms with van der Waals surface area (Å²) in [4.78, 5) is 2.52. The molecule has 1 rings (SSSR count). The van der Waals surface area contributed by atoms with Crippen molar-refractivity contribution in [2.75, 3.05) is 26.2 Å². The molecule has 0 amide bonds. The first-order chi connectivity index (χ1) is 7.15. The highest BCUT2D eigenvalue weighted by Gasteiger charge is 2.31. The fraction of sp³-hybridized carbons (Fsp3) is 1.00. The van der Waals surface area contributed by atoms with Gasteiger partial charge in [-0.25, -0.2) is 0 Å². The summed E-state index contributed by atoms with van der Waals surface area (Å²) in [5.41, 5.74) is 0.624. The van der Waals surface area contributed by atoms with Gasteiger partial charge in [-0.3, -0.25) is 0 Å². The first kappa shape index (κ1) is 13.0. The average Bonchev–Trinajstić information content (AvgIpc) is 2.30. The standard InChI is InChI=1S/C13H27NO/c1-4-13(5-2)6-8-14(9-7-13)10-12(3)11-15/h12,15H,4-11H2,1-3H3. The molecular weight excluding hydrogens is 186 g/mol. The van der Waals surface area contributed by atoms with Crippen molar-refractivity contribution in [2.45, 2.75) is 46.5 Å². The number of piperidine rings is 1. The Kier molecular flexibility index (Phi) is 5.07. The molecule has 2 heteroatoms. The van der Waals surface area contributed by atoms with Gasteiger partial charge in [-0.1, -0.05) is 33.6 Å². The lowest BCUT2D eigenvalue weighted by Crippen LogP contribution is -2.41. The second kappa shape index (κ2) is 5.86. The second-order valence-electron chi connectivity index (χ2n) is 5.30. The van der Waals surface area contributed by atoms with Crippen LogP contribution in [0.1, 0.15) is 46.5 Å². The molecule has 1 aliphatic heterocycles. The van der Waals surface area contributed by atoms with E-state index in [2.05, 4.69) is 25.7 Å². The maximum Gasteiger partial charge on any atom is 0.0468 e. The van der Waals surface area contributed by atoms with Crippen molar-refractivity contribution < 1.29 is 5.11 Å². The minimum Gasteiger partial charge on any atom is -0.396 e. The fourth-order valence-electron chi connectivity index (χ4n) is 2.67. The molecule has 0 spiro atoms. The van der Waals surface area contributed by atoms with E-state index in [1.165, 1.54) is 38.8 Å². The average molecular weight is 213 g/mol. The molecule has 0 saturated carbocycles. The van der Waals surface area contributed by atoms with E-state index in [9.17, 15) is 0 Å². The molecule has 1 heterocycles. The van der Waals surface area contributed by atoms with Crippen LogP contribution in [0.3, 0.4) is 0 Å². The van der Waals surface area contributed by atoms with Crippen LogP contribution in [0.15, 0.2) is 0 Å². The SMILES string of the molecule is CCC1(CC)CCN(CC(C)CO)CC1. The summed E-state index contributed by atoms with van der Waals surface area (Å²) in [7, 11) is 0. The molecule has 1 fully saturated rings. The van der Waals surface area contributed by atoms with Crippen molar-refractivity contribution >= 4 is 0 Å². The third kappa shape index (κ3) is 3.46. The fourth-order valence-corrected chi connectivity index (χ4v) is 2.67. The van der Waals surface area contributed by atoms with Gasteiger partial charge in [-0.2, -0.15) is 0 Å². The molecule has 0 bridgehead atoms. The molecule has 2 nitrogen and oxygen atoms in total. The van der Waals surface area contributed by atoms with Gasteiger partial charge in [0, 0.05) is 13.2 Å². The number of aliphatic hydroxyl groups is 1. The molecule has 1 saturated heterocycles. The molecule has 1 N–H and O–H groups in total. The molecule has 0 aromatic carbocycles. The van der Waals surface area contributed by atoms with Crippen LogP contribution in [0.25, 0.3) is 0 Å². The van der Waals surface area contributed by atoms with E-state index in [1.807, 2.05) is 0 Å². The number of rotatable bonds is 5. The van der Waals surface area contributed by atoms with Gasteiger partial charge < -0.3 is 10.0 Å². The van der Waals surface area contributed by atoms with Crippen LogP contribution < -0.4 is 0 Å². The Morgan fingerprint density at radius 3 is 2.13 bits per heavy atom. The van der Waals surface area contributed by atoms with Crippen molar-refractivity contribution in [3.8, 4) is 0 Å². The molecule has 15 heavy (non-hydrogen) atoms. The number of aliphatic hydroxyl groups excluding tert-OH is 1. The first-order valence-corrected chi connectivity index (χ1v) is 6.49. The summed E-state index contributed by atoms with van der Waals surface area (Å²) in [5, 5.41) is 9.03. The molecular formula is C13H27NO. The van der Waals surface area contributed by atoms with Crippen LogP contribution in [0.5, 0.6) is 0 Å². The maximum absolute atomic E-state index is 9.03. The van der Waals surface area contributed by atoms with Crippen LogP contribution in [0.2, 0.25) is 0 Å². The quantitative estimate of drug-likeness (QED) is 0.758. The summed E-state index contributed by atoms with van der Waals surface area (Å²) in [6.45, 7) is 10.6. The van der Waals surface area contributed by atoms with Crippen LogP contribution in [0, 0.1) is 11.3 Å². The zero-order valence-corrected chi connectivity index (χ0v) is 10.6. The third-order valence-electron chi connectivity index (χ3n) is 4.30. The highest BCUT2D eigenvalue weighted by molar-refractivity contribution is 4.84. The van der Waals surface area contributed by atoms with E-state index in [4.69, 9.17) is 5.11 Å². The smallest absolute Gasteiger partial charge is 0.0468 e. The van der Waals surface area contributed by atoms with Crippen LogP contribution >= 0.6 is 0 Å². The molecule has 1 aliphatic rings. The molecule has 90 valence electrons. The Bertz CT molecular complexity index is 167. The molecule has 0 aromatic heterocycles. The van der Waals surface area contributed by atoms with Gasteiger partial charge in [-0.15, -0.1) is 0 Å². The van der Waals surface area contributed by atoms with Crippen molar-refractivity contribution in [1.82, 2.24) is 4.90 Å². The molecule has 0 aromatic rings. The Balaban J connectivity index is 2.35. The Hall–Kier alpha value is -0.0800. The van der Waals surface area contributed by atoms with E-state index in [1.54, 1.807) is 0 Å². The number of likely N-dealkylation sites (tertiary alicyclic amines) is 1. The predicted octanol–water partition coefficient (Wildman–Crippen LogP) is 2.52. The summed E-state index contributed by atoms with van der Waals surface area (Å²) in [5.74, 6) is 0.431. The summed E-state index contributed by atoms with van der Waals surface area (Å²) in [6, 6.07) is 0. The Labute approximate surface area is 94.7 Å². The maximum atomic E-state index is 9.03. The number of hydrogen-bond donors (Lipinski definition) is 1. The second-order valence-corrected chi connectivity index (χ2v) is 5.30. The summed E-state index contributed by atoms with van der Waals surface area (Å²) < 4.78 is 0. The summed E-state index contributed by atoms with van der Waals surface area (Å²) >= 11 is 0.